The quantitative estimate of drug-likeness (QED) is 0.299. The van der Waals surface area contributed by atoms with Crippen molar-refractivity contribution in [1.82, 2.24) is 20.9 Å². The number of ether oxygens (including phenoxy) is 2. The highest BCUT2D eigenvalue weighted by atomic mass is 16.6. The third-order valence-electron chi connectivity index (χ3n) is 5.58. The zero-order valence-corrected chi connectivity index (χ0v) is 22.0. The van der Waals surface area contributed by atoms with Crippen molar-refractivity contribution in [3.05, 3.63) is 35.9 Å². The molecule has 2 atom stereocenters. The van der Waals surface area contributed by atoms with Crippen LogP contribution in [0, 0.1) is 0 Å². The Morgan fingerprint density at radius 2 is 1.78 bits per heavy atom. The van der Waals surface area contributed by atoms with E-state index in [0.717, 1.165) is 5.56 Å². The van der Waals surface area contributed by atoms with E-state index in [1.54, 1.807) is 20.8 Å². The maximum Gasteiger partial charge on any atom is 0.407 e. The van der Waals surface area contributed by atoms with Gasteiger partial charge in [0.15, 0.2) is 0 Å². The smallest absolute Gasteiger partial charge is 0.407 e. The summed E-state index contributed by atoms with van der Waals surface area (Å²) < 4.78 is 10.4. The summed E-state index contributed by atoms with van der Waals surface area (Å²) in [6, 6.07) is 7.52. The molecule has 11 nitrogen and oxygen atoms in total. The number of nitrogens with zero attached hydrogens (tertiary/aromatic N) is 1. The number of nitrogens with one attached hydrogen (secondary N) is 3. The standard InChI is InChI=1S/C26H38N4O7/c1-18(31)30-15-9-13-21(30)24(34)29-20(12-8-14-27-25(35)37-26(2,3)4)23(33)28-16-22(32)36-17-19-10-6-5-7-11-19/h5-7,10-11,20-21H,8-9,12-17H2,1-4H3,(H,27,35)(H,28,33)(H,29,34)/t20-,21-/m0/s1. The molecule has 11 heteroatoms. The normalized spacial score (nSPS) is 15.9. The van der Waals surface area contributed by atoms with E-state index in [-0.39, 0.29) is 32.0 Å². The molecule has 1 heterocycles. The first-order chi connectivity index (χ1) is 17.5. The molecule has 0 spiro atoms. The predicted molar refractivity (Wildman–Crippen MR) is 135 cm³/mol. The minimum Gasteiger partial charge on any atom is -0.460 e. The average molecular weight is 519 g/mol. The van der Waals surface area contributed by atoms with E-state index < -0.39 is 41.6 Å². The van der Waals surface area contributed by atoms with Crippen LogP contribution in [0.5, 0.6) is 0 Å². The van der Waals surface area contributed by atoms with Gasteiger partial charge in [0.2, 0.25) is 17.7 Å². The van der Waals surface area contributed by atoms with Crippen LogP contribution in [-0.2, 0) is 35.3 Å². The third-order valence-corrected chi connectivity index (χ3v) is 5.58. The number of alkyl carbamates (subject to hydrolysis) is 1. The lowest BCUT2D eigenvalue weighted by atomic mass is 10.1. The molecule has 4 amide bonds. The van der Waals surface area contributed by atoms with Gasteiger partial charge in [-0.25, -0.2) is 4.79 Å². The molecule has 0 unspecified atom stereocenters. The lowest BCUT2D eigenvalue weighted by molar-refractivity contribution is -0.145. The summed E-state index contributed by atoms with van der Waals surface area (Å²) in [6.45, 7) is 7.07. The van der Waals surface area contributed by atoms with Crippen LogP contribution in [-0.4, -0.2) is 72.0 Å². The Morgan fingerprint density at radius 1 is 1.08 bits per heavy atom. The first-order valence-electron chi connectivity index (χ1n) is 12.5. The first kappa shape index (κ1) is 29.6. The van der Waals surface area contributed by atoms with Crippen LogP contribution in [0.2, 0.25) is 0 Å². The summed E-state index contributed by atoms with van der Waals surface area (Å²) in [5.41, 5.74) is 0.177. The van der Waals surface area contributed by atoms with E-state index in [1.165, 1.54) is 11.8 Å². The van der Waals surface area contributed by atoms with Crippen molar-refractivity contribution in [1.29, 1.82) is 0 Å². The SMILES string of the molecule is CC(=O)N1CCC[C@H]1C(=O)N[C@@H](CCCNC(=O)OC(C)(C)C)C(=O)NCC(=O)OCc1ccccc1. The van der Waals surface area contributed by atoms with E-state index in [2.05, 4.69) is 16.0 Å². The van der Waals surface area contributed by atoms with Crippen molar-refractivity contribution in [3.63, 3.8) is 0 Å². The van der Waals surface area contributed by atoms with E-state index in [9.17, 15) is 24.0 Å². The molecule has 1 aromatic rings. The third kappa shape index (κ3) is 10.9. The predicted octanol–water partition coefficient (Wildman–Crippen LogP) is 1.65. The lowest BCUT2D eigenvalue weighted by Gasteiger charge is -2.25. The van der Waals surface area contributed by atoms with E-state index in [0.29, 0.717) is 25.8 Å². The number of esters is 1. The minimum atomic E-state index is -0.968. The molecule has 0 aromatic heterocycles. The second kappa shape index (κ2) is 14.2. The molecular formula is C26H38N4O7. The molecule has 1 aromatic carbocycles. The summed E-state index contributed by atoms with van der Waals surface area (Å²) in [4.78, 5) is 63.1. The molecular weight excluding hydrogens is 480 g/mol. The zero-order valence-electron chi connectivity index (χ0n) is 22.0. The van der Waals surface area contributed by atoms with E-state index in [1.807, 2.05) is 30.3 Å². The summed E-state index contributed by atoms with van der Waals surface area (Å²) in [7, 11) is 0. The summed E-state index contributed by atoms with van der Waals surface area (Å²) in [5.74, 6) is -1.82. The van der Waals surface area contributed by atoms with Crippen molar-refractivity contribution >= 4 is 29.8 Å². The Kier molecular flexibility index (Phi) is 11.4. The molecule has 3 N–H and O–H groups in total. The number of hydrogen-bond donors (Lipinski definition) is 3. The Hall–Kier alpha value is -3.63. The minimum absolute atomic E-state index is 0.0780. The maximum absolute atomic E-state index is 12.9. The van der Waals surface area contributed by atoms with Crippen molar-refractivity contribution in [2.75, 3.05) is 19.6 Å². The van der Waals surface area contributed by atoms with Crippen molar-refractivity contribution in [2.45, 2.75) is 77.7 Å². The van der Waals surface area contributed by atoms with Crippen LogP contribution in [0.4, 0.5) is 4.79 Å². The second-order valence-electron chi connectivity index (χ2n) is 9.87. The van der Waals surface area contributed by atoms with Gasteiger partial charge in [0.05, 0.1) is 0 Å². The number of likely N-dealkylation sites (tertiary alicyclic amines) is 1. The summed E-state index contributed by atoms with van der Waals surface area (Å²) in [6.07, 6.45) is 1.17. The number of rotatable bonds is 11. The molecule has 2 rings (SSSR count). The number of benzene rings is 1. The largest absolute Gasteiger partial charge is 0.460 e. The fourth-order valence-electron chi connectivity index (χ4n) is 3.84. The van der Waals surface area contributed by atoms with Gasteiger partial charge in [-0.3, -0.25) is 19.2 Å². The van der Waals surface area contributed by atoms with Crippen LogP contribution in [0.3, 0.4) is 0 Å². The number of carbonyl (C=O) groups is 5. The maximum atomic E-state index is 12.9. The van der Waals surface area contributed by atoms with Gasteiger partial charge in [-0.15, -0.1) is 0 Å². The van der Waals surface area contributed by atoms with Crippen molar-refractivity contribution < 1.29 is 33.4 Å². The van der Waals surface area contributed by atoms with Gasteiger partial charge in [-0.05, 0) is 52.0 Å². The topological polar surface area (TPSA) is 143 Å². The van der Waals surface area contributed by atoms with Crippen molar-refractivity contribution in [3.8, 4) is 0 Å². The van der Waals surface area contributed by atoms with Gasteiger partial charge in [0.1, 0.15) is 30.8 Å². The fraction of sp³-hybridized carbons (Fsp3) is 0.577. The van der Waals surface area contributed by atoms with Crippen LogP contribution in [0.15, 0.2) is 30.3 Å². The van der Waals surface area contributed by atoms with E-state index in [4.69, 9.17) is 9.47 Å². The van der Waals surface area contributed by atoms with Crippen LogP contribution < -0.4 is 16.0 Å². The van der Waals surface area contributed by atoms with Gasteiger partial charge >= 0.3 is 12.1 Å². The van der Waals surface area contributed by atoms with Crippen molar-refractivity contribution in [2.24, 2.45) is 0 Å². The van der Waals surface area contributed by atoms with Gasteiger partial charge in [0, 0.05) is 20.0 Å². The molecule has 0 aliphatic carbocycles. The molecule has 0 radical (unpaired) electrons. The molecule has 0 bridgehead atoms. The average Bonchev–Trinajstić information content (AvgIpc) is 3.33. The molecule has 1 aliphatic heterocycles. The highest BCUT2D eigenvalue weighted by Crippen LogP contribution is 2.18. The monoisotopic (exact) mass is 518 g/mol. The molecule has 37 heavy (non-hydrogen) atoms. The molecule has 204 valence electrons. The number of carbonyl (C=O) groups excluding carboxylic acids is 5. The van der Waals surface area contributed by atoms with Crippen LogP contribution in [0.1, 0.15) is 58.9 Å². The van der Waals surface area contributed by atoms with Crippen LogP contribution in [0.25, 0.3) is 0 Å². The summed E-state index contributed by atoms with van der Waals surface area (Å²) >= 11 is 0. The van der Waals surface area contributed by atoms with E-state index >= 15 is 0 Å². The Labute approximate surface area is 217 Å². The van der Waals surface area contributed by atoms with Gasteiger partial charge in [0.25, 0.3) is 0 Å². The molecule has 1 fully saturated rings. The zero-order chi connectivity index (χ0) is 27.4. The molecule has 1 aliphatic rings. The summed E-state index contributed by atoms with van der Waals surface area (Å²) in [5, 5.41) is 7.83. The lowest BCUT2D eigenvalue weighted by Crippen LogP contribution is -2.53. The highest BCUT2D eigenvalue weighted by Gasteiger charge is 2.34. The molecule has 1 saturated heterocycles. The number of hydrogen-bond acceptors (Lipinski definition) is 7. The molecule has 0 saturated carbocycles. The Bertz CT molecular complexity index is 946. The second-order valence-corrected chi connectivity index (χ2v) is 9.87. The fourth-order valence-corrected chi connectivity index (χ4v) is 3.84. The Balaban J connectivity index is 1.91. The first-order valence-corrected chi connectivity index (χ1v) is 12.5. The van der Waals surface area contributed by atoms with Gasteiger partial charge < -0.3 is 30.3 Å². The van der Waals surface area contributed by atoms with Crippen LogP contribution >= 0.6 is 0 Å². The highest BCUT2D eigenvalue weighted by molar-refractivity contribution is 5.93. The van der Waals surface area contributed by atoms with Gasteiger partial charge in [-0.2, -0.15) is 0 Å². The Morgan fingerprint density at radius 3 is 2.43 bits per heavy atom. The van der Waals surface area contributed by atoms with Gasteiger partial charge in [-0.1, -0.05) is 30.3 Å². The number of amides is 4.